The molecule has 1 aliphatic heterocycles. The van der Waals surface area contributed by atoms with Crippen LogP contribution in [0.5, 0.6) is 0 Å². The number of carbonyl (C=O) groups is 2. The van der Waals surface area contributed by atoms with E-state index in [-0.39, 0.29) is 24.5 Å². The molecule has 2 rings (SSSR count). The molecule has 0 bridgehead atoms. The Morgan fingerprint density at radius 2 is 2.07 bits per heavy atom. The van der Waals surface area contributed by atoms with E-state index in [2.05, 4.69) is 23.7 Å². The maximum absolute atomic E-state index is 12.5. The Kier molecular flexibility index (Phi) is 7.98. The van der Waals surface area contributed by atoms with Crippen molar-refractivity contribution in [1.82, 2.24) is 5.48 Å². The standard InChI is InChI=1S/C20H22N2O7S/c1-29-20(11-13-30(27,28)14-20)18(19(25)21-26)22(15-24)17-9-7-16(8-10-17)6-4-2-3-5-12-23/h7-10,15,18,23,26H,5,11-14H2,1H3,(H,21,25)/t18-,20-/m1/s1. The lowest BCUT2D eigenvalue weighted by Gasteiger charge is -2.39. The maximum Gasteiger partial charge on any atom is 0.269 e. The summed E-state index contributed by atoms with van der Waals surface area (Å²) in [5, 5.41) is 17.9. The highest BCUT2D eigenvalue weighted by atomic mass is 32.2. The molecule has 3 N–H and O–H groups in total. The Labute approximate surface area is 174 Å². The highest BCUT2D eigenvalue weighted by molar-refractivity contribution is 7.91. The molecule has 10 heteroatoms. The molecule has 1 aliphatic rings. The van der Waals surface area contributed by atoms with Gasteiger partial charge in [0.25, 0.3) is 5.91 Å². The third-order valence-corrected chi connectivity index (χ3v) is 6.47. The predicted octanol–water partition coefficient (Wildman–Crippen LogP) is -0.536. The number of hydroxylamine groups is 1. The smallest absolute Gasteiger partial charge is 0.269 e. The van der Waals surface area contributed by atoms with Crippen molar-refractivity contribution in [2.75, 3.05) is 30.1 Å². The molecule has 160 valence electrons. The molecule has 1 fully saturated rings. The van der Waals surface area contributed by atoms with Crippen molar-refractivity contribution >= 4 is 27.8 Å². The number of rotatable bonds is 7. The van der Waals surface area contributed by atoms with Gasteiger partial charge in [0.1, 0.15) is 11.6 Å². The summed E-state index contributed by atoms with van der Waals surface area (Å²) in [6.07, 6.45) is 0.699. The van der Waals surface area contributed by atoms with Gasteiger partial charge >= 0.3 is 0 Å². The Balaban J connectivity index is 2.38. The number of anilines is 1. The zero-order chi connectivity index (χ0) is 22.2. The number of carbonyl (C=O) groups excluding carboxylic acids is 2. The molecule has 1 heterocycles. The van der Waals surface area contributed by atoms with E-state index in [9.17, 15) is 23.2 Å². The molecule has 1 aromatic carbocycles. The fraction of sp³-hybridized carbons (Fsp3) is 0.400. The van der Waals surface area contributed by atoms with E-state index in [0.717, 1.165) is 4.90 Å². The average molecular weight is 434 g/mol. The molecule has 2 amide bonds. The van der Waals surface area contributed by atoms with Gasteiger partial charge in [-0.25, -0.2) is 13.9 Å². The molecule has 1 aromatic rings. The molecule has 0 aromatic heterocycles. The van der Waals surface area contributed by atoms with E-state index in [0.29, 0.717) is 18.4 Å². The van der Waals surface area contributed by atoms with Gasteiger partial charge in [-0.1, -0.05) is 11.8 Å². The van der Waals surface area contributed by atoms with E-state index < -0.39 is 33.1 Å². The highest BCUT2D eigenvalue weighted by Crippen LogP contribution is 2.34. The predicted molar refractivity (Wildman–Crippen MR) is 108 cm³/mol. The number of methoxy groups -OCH3 is 1. The molecule has 0 aliphatic carbocycles. The quantitative estimate of drug-likeness (QED) is 0.227. The van der Waals surface area contributed by atoms with Crippen LogP contribution >= 0.6 is 0 Å². The number of amides is 2. The van der Waals surface area contributed by atoms with Crippen LogP contribution in [0, 0.1) is 23.7 Å². The van der Waals surface area contributed by atoms with Crippen LogP contribution in [0.25, 0.3) is 0 Å². The van der Waals surface area contributed by atoms with Crippen LogP contribution in [-0.4, -0.2) is 67.9 Å². The number of sulfone groups is 1. The fourth-order valence-corrected chi connectivity index (χ4v) is 5.23. The van der Waals surface area contributed by atoms with E-state index >= 15 is 0 Å². The van der Waals surface area contributed by atoms with Gasteiger partial charge in [0.05, 0.1) is 18.1 Å². The summed E-state index contributed by atoms with van der Waals surface area (Å²) in [7, 11) is -2.21. The molecule has 0 saturated carbocycles. The van der Waals surface area contributed by atoms with Crippen LogP contribution in [0.3, 0.4) is 0 Å². The van der Waals surface area contributed by atoms with Gasteiger partial charge in [-0.05, 0) is 42.5 Å². The second-order valence-corrected chi connectivity index (χ2v) is 8.76. The van der Waals surface area contributed by atoms with Crippen molar-refractivity contribution in [3.63, 3.8) is 0 Å². The lowest BCUT2D eigenvalue weighted by atomic mass is 9.90. The summed E-state index contributed by atoms with van der Waals surface area (Å²) in [6.45, 7) is -0.0439. The molecule has 1 saturated heterocycles. The number of nitrogens with zero attached hydrogens (tertiary/aromatic N) is 1. The SMILES string of the molecule is CO[C@]1([C@@H](C(=O)NO)N(C=O)c2ccc(C#CC#CCCO)cc2)CCS(=O)(=O)C1. The third kappa shape index (κ3) is 5.38. The van der Waals surface area contributed by atoms with Gasteiger partial charge in [-0.3, -0.25) is 19.7 Å². The van der Waals surface area contributed by atoms with Crippen molar-refractivity contribution < 1.29 is 33.1 Å². The van der Waals surface area contributed by atoms with Crippen LogP contribution in [0.2, 0.25) is 0 Å². The van der Waals surface area contributed by atoms with Gasteiger partial charge in [-0.15, -0.1) is 0 Å². The number of ether oxygens (including phenoxy) is 1. The summed E-state index contributed by atoms with van der Waals surface area (Å²) in [5.41, 5.74) is 0.874. The van der Waals surface area contributed by atoms with Gasteiger partial charge in [0, 0.05) is 24.8 Å². The summed E-state index contributed by atoms with van der Waals surface area (Å²) < 4.78 is 29.5. The van der Waals surface area contributed by atoms with Crippen LogP contribution < -0.4 is 10.4 Å². The Bertz CT molecular complexity index is 1000. The molecule has 0 unspecified atom stereocenters. The third-order valence-electron chi connectivity index (χ3n) is 4.72. The molecule has 0 radical (unpaired) electrons. The Morgan fingerprint density at radius 1 is 1.37 bits per heavy atom. The van der Waals surface area contributed by atoms with Gasteiger partial charge in [0.15, 0.2) is 9.84 Å². The number of aliphatic hydroxyl groups excluding tert-OH is 1. The van der Waals surface area contributed by atoms with E-state index in [1.54, 1.807) is 12.1 Å². The first-order chi connectivity index (χ1) is 14.3. The molecular formula is C20H22N2O7S. The van der Waals surface area contributed by atoms with Crippen molar-refractivity contribution in [2.45, 2.75) is 24.5 Å². The lowest BCUT2D eigenvalue weighted by molar-refractivity contribution is -0.139. The monoisotopic (exact) mass is 434 g/mol. The van der Waals surface area contributed by atoms with E-state index in [1.165, 1.54) is 24.7 Å². The van der Waals surface area contributed by atoms with Crippen LogP contribution in [0.4, 0.5) is 5.69 Å². The minimum Gasteiger partial charge on any atom is -0.395 e. The zero-order valence-electron chi connectivity index (χ0n) is 16.3. The van der Waals surface area contributed by atoms with E-state index in [4.69, 9.17) is 9.84 Å². The Hall–Kier alpha value is -2.89. The first kappa shape index (κ1) is 23.4. The average Bonchev–Trinajstić information content (AvgIpc) is 3.07. The Morgan fingerprint density at radius 3 is 2.57 bits per heavy atom. The number of benzene rings is 1. The van der Waals surface area contributed by atoms with Crippen LogP contribution in [0.15, 0.2) is 24.3 Å². The maximum atomic E-state index is 12.5. The van der Waals surface area contributed by atoms with Crippen LogP contribution in [0.1, 0.15) is 18.4 Å². The molecule has 0 spiro atoms. The minimum atomic E-state index is -3.48. The highest BCUT2D eigenvalue weighted by Gasteiger charge is 2.54. The summed E-state index contributed by atoms with van der Waals surface area (Å²) >= 11 is 0. The number of hydrogen-bond donors (Lipinski definition) is 3. The van der Waals surface area contributed by atoms with E-state index in [1.807, 2.05) is 0 Å². The summed E-state index contributed by atoms with van der Waals surface area (Å²) in [5.74, 6) is 9.05. The van der Waals surface area contributed by atoms with Crippen molar-refractivity contribution in [3.8, 4) is 23.7 Å². The largest absolute Gasteiger partial charge is 0.395 e. The molecule has 2 atom stereocenters. The first-order valence-corrected chi connectivity index (χ1v) is 10.8. The molecular weight excluding hydrogens is 412 g/mol. The second-order valence-electron chi connectivity index (χ2n) is 6.57. The topological polar surface area (TPSA) is 133 Å². The first-order valence-electron chi connectivity index (χ1n) is 8.95. The van der Waals surface area contributed by atoms with Crippen molar-refractivity contribution in [1.29, 1.82) is 0 Å². The number of nitrogens with one attached hydrogen (secondary N) is 1. The summed E-state index contributed by atoms with van der Waals surface area (Å²) in [4.78, 5) is 25.4. The van der Waals surface area contributed by atoms with Crippen molar-refractivity contribution in [3.05, 3.63) is 29.8 Å². The minimum absolute atomic E-state index is 0.00959. The van der Waals surface area contributed by atoms with Gasteiger partial charge in [0.2, 0.25) is 6.41 Å². The van der Waals surface area contributed by atoms with Crippen molar-refractivity contribution in [2.24, 2.45) is 0 Å². The van der Waals surface area contributed by atoms with Gasteiger partial charge in [-0.2, -0.15) is 0 Å². The van der Waals surface area contributed by atoms with Crippen LogP contribution in [-0.2, 0) is 24.2 Å². The summed E-state index contributed by atoms with van der Waals surface area (Å²) in [6, 6.07) is 4.86. The number of aliphatic hydroxyl groups is 1. The zero-order valence-corrected chi connectivity index (χ0v) is 17.1. The normalized spacial score (nSPS) is 20.1. The number of hydrogen-bond acceptors (Lipinski definition) is 7. The molecule has 9 nitrogen and oxygen atoms in total. The second kappa shape index (κ2) is 10.2. The fourth-order valence-electron chi connectivity index (χ4n) is 3.27. The lowest BCUT2D eigenvalue weighted by Crippen LogP contribution is -2.61. The van der Waals surface area contributed by atoms with Gasteiger partial charge < -0.3 is 9.84 Å². The molecule has 30 heavy (non-hydrogen) atoms.